The second-order valence-electron chi connectivity index (χ2n) is 16.9. The normalized spacial score (nSPS) is 25.4. The number of rotatable bonds is 7. The molecule has 1 spiro atoms. The van der Waals surface area contributed by atoms with E-state index in [4.69, 9.17) is 14.7 Å². The number of nitrogens with one attached hydrogen (secondary N) is 3. The molecule has 3 N–H and O–H groups in total. The molecule has 4 fully saturated rings. The molecule has 1 aromatic heterocycles. The Labute approximate surface area is 313 Å². The summed E-state index contributed by atoms with van der Waals surface area (Å²) in [7, 11) is 1.28. The molecule has 54 heavy (non-hydrogen) atoms. The van der Waals surface area contributed by atoms with Gasteiger partial charge in [0.15, 0.2) is 0 Å². The second-order valence-corrected chi connectivity index (χ2v) is 16.9. The monoisotopic (exact) mass is 730 g/mol. The van der Waals surface area contributed by atoms with Crippen LogP contribution in [0, 0.1) is 17.3 Å². The summed E-state index contributed by atoms with van der Waals surface area (Å²) in [6.07, 6.45) is 8.38. The van der Waals surface area contributed by atoms with Crippen molar-refractivity contribution in [1.82, 2.24) is 25.5 Å². The molecule has 2 saturated carbocycles. The first-order valence-electron chi connectivity index (χ1n) is 19.3. The summed E-state index contributed by atoms with van der Waals surface area (Å²) in [5.74, 6) is -2.24. The van der Waals surface area contributed by atoms with Gasteiger partial charge in [-0.05, 0) is 108 Å². The highest BCUT2D eigenvalue weighted by atomic mass is 19.3. The van der Waals surface area contributed by atoms with Crippen molar-refractivity contribution in [3.8, 4) is 33.5 Å². The van der Waals surface area contributed by atoms with Gasteiger partial charge < -0.3 is 25.3 Å². The molecule has 278 valence electrons. The number of hydrogen-bond donors (Lipinski definition) is 3. The third-order valence-electron chi connectivity index (χ3n) is 13.1. The lowest BCUT2D eigenvalue weighted by molar-refractivity contribution is -0.135. The molecule has 2 bridgehead atoms. The number of H-pyrrole nitrogens is 1. The van der Waals surface area contributed by atoms with Gasteiger partial charge in [0.25, 0.3) is 5.92 Å². The summed E-state index contributed by atoms with van der Waals surface area (Å²) >= 11 is 0. The number of methoxy groups -OCH3 is 1. The van der Waals surface area contributed by atoms with E-state index in [9.17, 15) is 9.59 Å². The average Bonchev–Trinajstić information content (AvgIpc) is 3.83. The highest BCUT2D eigenvalue weighted by Gasteiger charge is 2.55. The SMILES string of the molecule is COC(=O)N[C@H](C(=O)N1CC2(CC2)C[C@H]1c1ncc(-c2ccc3c(c2)C(F)(F)c2cc(-c4ccc5c(c4)CC([C@H]4N[C@@H]6CC[C@H]4C6)=N5)ccc2-3)[nH]1)C(C)C. The highest BCUT2D eigenvalue weighted by molar-refractivity contribution is 5.99. The van der Waals surface area contributed by atoms with E-state index in [1.54, 1.807) is 24.4 Å². The van der Waals surface area contributed by atoms with Crippen LogP contribution >= 0.6 is 0 Å². The Morgan fingerprint density at radius 3 is 2.39 bits per heavy atom. The molecule has 2 amide bonds. The van der Waals surface area contributed by atoms with Gasteiger partial charge >= 0.3 is 6.09 Å². The number of halogens is 2. The quantitative estimate of drug-likeness (QED) is 0.178. The number of aromatic nitrogens is 2. The highest BCUT2D eigenvalue weighted by Crippen LogP contribution is 2.59. The van der Waals surface area contributed by atoms with Crippen LogP contribution in [0.25, 0.3) is 33.5 Å². The molecule has 9 nitrogen and oxygen atoms in total. The van der Waals surface area contributed by atoms with E-state index in [-0.39, 0.29) is 34.4 Å². The molecule has 0 radical (unpaired) electrons. The zero-order valence-electron chi connectivity index (χ0n) is 30.7. The van der Waals surface area contributed by atoms with Crippen molar-refractivity contribution in [3.05, 3.63) is 83.3 Å². The van der Waals surface area contributed by atoms with Gasteiger partial charge in [-0.2, -0.15) is 8.78 Å². The number of alkyl carbamates (subject to hydrolysis) is 1. The molecule has 3 aliphatic heterocycles. The molecule has 0 unspecified atom stereocenters. The van der Waals surface area contributed by atoms with E-state index in [1.807, 2.05) is 49.1 Å². The number of benzene rings is 3. The predicted octanol–water partition coefficient (Wildman–Crippen LogP) is 8.07. The van der Waals surface area contributed by atoms with Gasteiger partial charge in [0.05, 0.1) is 30.7 Å². The summed E-state index contributed by atoms with van der Waals surface area (Å²) in [6.45, 7) is 4.36. The molecular formula is C43H44F2N6O3. The fourth-order valence-corrected chi connectivity index (χ4v) is 9.99. The van der Waals surface area contributed by atoms with Crippen molar-refractivity contribution < 1.29 is 23.1 Å². The van der Waals surface area contributed by atoms with Crippen molar-refractivity contribution in [1.29, 1.82) is 0 Å². The number of alkyl halides is 2. The number of likely N-dealkylation sites (tertiary alicyclic amines) is 1. The Morgan fingerprint density at radius 1 is 0.981 bits per heavy atom. The van der Waals surface area contributed by atoms with Crippen LogP contribution in [-0.2, 0) is 21.9 Å². The molecule has 4 aromatic rings. The third-order valence-corrected chi connectivity index (χ3v) is 13.1. The summed E-state index contributed by atoms with van der Waals surface area (Å²) in [5, 5.41) is 6.47. The van der Waals surface area contributed by atoms with Gasteiger partial charge in [0.2, 0.25) is 5.91 Å². The van der Waals surface area contributed by atoms with Gasteiger partial charge in [-0.25, -0.2) is 9.78 Å². The van der Waals surface area contributed by atoms with Crippen LogP contribution in [0.2, 0.25) is 0 Å². The summed E-state index contributed by atoms with van der Waals surface area (Å²) in [4.78, 5) is 40.9. The number of piperidine rings is 1. The maximum atomic E-state index is 16.4. The molecule has 5 atom stereocenters. The standard InChI is InChI=1S/C43H44F2N6O3/c1-22(2)37(50-41(53)54-3)40(52)51-21-42(12-13-42)19-36(51)39-46-20-35(49-39)25-6-10-30-29-9-5-24(16-31(29)43(44,45)32(30)17-25)23-7-11-33-27(14-23)18-34(48-33)38-26-4-8-28(15-26)47-38/h5-7,9-11,14,16-17,20,22,26,28,36-38,47H,4,8,12-13,15,18-19,21H2,1-3H3,(H,46,49)(H,50,53)/t26-,28+,36-,37-,38-/m0/s1. The summed E-state index contributed by atoms with van der Waals surface area (Å²) < 4.78 is 37.7. The Kier molecular flexibility index (Phi) is 7.51. The number of amides is 2. The number of imidazole rings is 1. The van der Waals surface area contributed by atoms with Gasteiger partial charge in [-0.3, -0.25) is 9.79 Å². The minimum absolute atomic E-state index is 0.0104. The molecule has 6 aliphatic rings. The van der Waals surface area contributed by atoms with Crippen molar-refractivity contribution in [2.75, 3.05) is 13.7 Å². The Bertz CT molecular complexity index is 2260. The minimum atomic E-state index is -3.19. The van der Waals surface area contributed by atoms with Crippen LogP contribution < -0.4 is 10.6 Å². The van der Waals surface area contributed by atoms with Crippen LogP contribution in [0.3, 0.4) is 0 Å². The number of carbonyl (C=O) groups is 2. The van der Waals surface area contributed by atoms with Crippen LogP contribution in [0.4, 0.5) is 19.3 Å². The number of hydrogen-bond acceptors (Lipinski definition) is 6. The fourth-order valence-electron chi connectivity index (χ4n) is 9.99. The average molecular weight is 731 g/mol. The van der Waals surface area contributed by atoms with Gasteiger partial charge in [-0.15, -0.1) is 0 Å². The summed E-state index contributed by atoms with van der Waals surface area (Å²) in [6, 6.07) is 16.7. The van der Waals surface area contributed by atoms with E-state index in [1.165, 1.54) is 32.1 Å². The lowest BCUT2D eigenvalue weighted by atomic mass is 9.92. The van der Waals surface area contributed by atoms with Crippen LogP contribution in [0.15, 0.2) is 65.8 Å². The number of aliphatic imine (C=N–C) groups is 1. The van der Waals surface area contributed by atoms with Crippen molar-refractivity contribution in [2.24, 2.45) is 22.2 Å². The maximum Gasteiger partial charge on any atom is 0.407 e. The number of nitrogens with zero attached hydrogens (tertiary/aromatic N) is 3. The zero-order chi connectivity index (χ0) is 37.1. The lowest BCUT2D eigenvalue weighted by Crippen LogP contribution is -2.51. The van der Waals surface area contributed by atoms with E-state index in [0.29, 0.717) is 52.8 Å². The van der Waals surface area contributed by atoms with Crippen LogP contribution in [0.5, 0.6) is 0 Å². The van der Waals surface area contributed by atoms with E-state index < -0.39 is 18.1 Å². The maximum absolute atomic E-state index is 16.4. The first-order valence-corrected chi connectivity index (χ1v) is 19.3. The zero-order valence-corrected chi connectivity index (χ0v) is 30.7. The number of ether oxygens (including phenoxy) is 1. The predicted molar refractivity (Wildman–Crippen MR) is 202 cm³/mol. The first kappa shape index (κ1) is 33.7. The molecule has 3 aromatic carbocycles. The van der Waals surface area contributed by atoms with Crippen LogP contribution in [0.1, 0.15) is 80.9 Å². The van der Waals surface area contributed by atoms with Gasteiger partial charge in [0.1, 0.15) is 11.9 Å². The van der Waals surface area contributed by atoms with Gasteiger partial charge in [0, 0.05) is 47.5 Å². The topological polar surface area (TPSA) is 112 Å². The summed E-state index contributed by atoms with van der Waals surface area (Å²) in [5.41, 5.74) is 7.33. The van der Waals surface area contributed by atoms with Gasteiger partial charge in [-0.1, -0.05) is 44.2 Å². The molecule has 11 heteroatoms. The second kappa shape index (κ2) is 12.1. The minimum Gasteiger partial charge on any atom is -0.453 e. The van der Waals surface area contributed by atoms with Crippen molar-refractivity contribution in [3.63, 3.8) is 0 Å². The van der Waals surface area contributed by atoms with Crippen LogP contribution in [-0.4, -0.2) is 64.4 Å². The number of fused-ring (bicyclic) bond motifs is 6. The first-order chi connectivity index (χ1) is 26.0. The number of aromatic amines is 1. The molecule has 2 saturated heterocycles. The number of carbonyl (C=O) groups excluding carboxylic acids is 2. The van der Waals surface area contributed by atoms with E-state index in [0.717, 1.165) is 48.1 Å². The van der Waals surface area contributed by atoms with Crippen molar-refractivity contribution >= 4 is 23.4 Å². The largest absolute Gasteiger partial charge is 0.453 e. The van der Waals surface area contributed by atoms with E-state index >= 15 is 8.78 Å². The Hall–Kier alpha value is -4.90. The third kappa shape index (κ3) is 5.33. The molecule has 3 aliphatic carbocycles. The molecular weight excluding hydrogens is 687 g/mol. The Balaban J connectivity index is 0.896. The molecule has 10 rings (SSSR count). The van der Waals surface area contributed by atoms with Crippen molar-refractivity contribution in [2.45, 2.75) is 88.9 Å². The fraction of sp³-hybridized carbons (Fsp3) is 0.442. The lowest BCUT2D eigenvalue weighted by Gasteiger charge is -2.30. The molecule has 4 heterocycles. The smallest absolute Gasteiger partial charge is 0.407 e. The Morgan fingerprint density at radius 2 is 1.70 bits per heavy atom. The van der Waals surface area contributed by atoms with E-state index in [2.05, 4.69) is 21.7 Å².